The zero-order valence-corrected chi connectivity index (χ0v) is 13.8. The largest absolute Gasteiger partial charge is 0.497 e. The molecular weight excluding hydrogens is 308 g/mol. The van der Waals surface area contributed by atoms with E-state index in [4.69, 9.17) is 13.9 Å². The average Bonchev–Trinajstić information content (AvgIpc) is 3.30. The highest BCUT2D eigenvalue weighted by atomic mass is 16.5. The number of nitrogens with one attached hydrogen (secondary N) is 1. The molecule has 0 aliphatic carbocycles. The van der Waals surface area contributed by atoms with E-state index in [1.807, 2.05) is 24.3 Å². The molecule has 1 saturated heterocycles. The Labute approximate surface area is 141 Å². The Morgan fingerprint density at radius 3 is 3.17 bits per heavy atom. The van der Waals surface area contributed by atoms with E-state index in [0.29, 0.717) is 31.0 Å². The highest BCUT2D eigenvalue weighted by Gasteiger charge is 2.16. The lowest BCUT2D eigenvalue weighted by Crippen LogP contribution is -2.31. The molecule has 2 aromatic rings. The van der Waals surface area contributed by atoms with Crippen LogP contribution in [0.2, 0.25) is 0 Å². The molecule has 1 aromatic heterocycles. The molecule has 0 spiro atoms. The van der Waals surface area contributed by atoms with Gasteiger partial charge in [0, 0.05) is 31.6 Å². The van der Waals surface area contributed by atoms with Crippen molar-refractivity contribution in [3.8, 4) is 17.1 Å². The van der Waals surface area contributed by atoms with Crippen molar-refractivity contribution < 1.29 is 18.7 Å². The summed E-state index contributed by atoms with van der Waals surface area (Å²) in [7, 11) is 1.63. The van der Waals surface area contributed by atoms with E-state index < -0.39 is 0 Å². The second kappa shape index (κ2) is 7.97. The molecule has 0 bridgehead atoms. The maximum Gasteiger partial charge on any atom is 0.220 e. The first-order chi connectivity index (χ1) is 11.7. The first-order valence-electron chi connectivity index (χ1n) is 8.22. The summed E-state index contributed by atoms with van der Waals surface area (Å²) in [4.78, 5) is 16.1. The molecule has 1 aromatic carbocycles. The van der Waals surface area contributed by atoms with Crippen LogP contribution in [0.1, 0.15) is 25.2 Å². The van der Waals surface area contributed by atoms with E-state index in [1.54, 1.807) is 13.3 Å². The third-order valence-electron chi connectivity index (χ3n) is 4.02. The van der Waals surface area contributed by atoms with Crippen LogP contribution in [-0.2, 0) is 16.0 Å². The summed E-state index contributed by atoms with van der Waals surface area (Å²) < 4.78 is 16.4. The predicted octanol–water partition coefficient (Wildman–Crippen LogP) is 2.58. The Balaban J connectivity index is 1.49. The molecule has 1 unspecified atom stereocenters. The molecule has 0 saturated carbocycles. The number of ether oxygens (including phenoxy) is 2. The van der Waals surface area contributed by atoms with E-state index >= 15 is 0 Å². The quantitative estimate of drug-likeness (QED) is 0.844. The highest BCUT2D eigenvalue weighted by Crippen LogP contribution is 2.24. The standard InChI is InChI=1S/C18H22N2O4/c1-22-14-5-2-4-13(10-14)16-12-20-18(24-16)8-7-17(21)19-11-15-6-3-9-23-15/h2,4-5,10,12,15H,3,6-9,11H2,1H3,(H,19,21). The van der Waals surface area contributed by atoms with E-state index in [2.05, 4.69) is 10.3 Å². The molecule has 6 heteroatoms. The molecule has 128 valence electrons. The van der Waals surface area contributed by atoms with Crippen molar-refractivity contribution in [2.45, 2.75) is 31.8 Å². The molecule has 1 atom stereocenters. The number of rotatable bonds is 7. The Bertz CT molecular complexity index is 677. The Morgan fingerprint density at radius 1 is 1.46 bits per heavy atom. The van der Waals surface area contributed by atoms with Crippen LogP contribution in [0.4, 0.5) is 0 Å². The van der Waals surface area contributed by atoms with Crippen molar-refractivity contribution >= 4 is 5.91 Å². The molecule has 1 aliphatic heterocycles. The number of amides is 1. The van der Waals surface area contributed by atoms with Crippen molar-refractivity contribution in [2.24, 2.45) is 0 Å². The minimum absolute atomic E-state index is 0.00775. The van der Waals surface area contributed by atoms with Gasteiger partial charge in [0.2, 0.25) is 5.91 Å². The zero-order chi connectivity index (χ0) is 16.8. The lowest BCUT2D eigenvalue weighted by Gasteiger charge is -2.10. The molecule has 3 rings (SSSR count). The van der Waals surface area contributed by atoms with Crippen LogP contribution in [0.3, 0.4) is 0 Å². The van der Waals surface area contributed by atoms with Crippen molar-refractivity contribution in [3.05, 3.63) is 36.4 Å². The fourth-order valence-electron chi connectivity index (χ4n) is 2.68. The van der Waals surface area contributed by atoms with Crippen molar-refractivity contribution in [3.63, 3.8) is 0 Å². The lowest BCUT2D eigenvalue weighted by atomic mass is 10.2. The van der Waals surface area contributed by atoms with E-state index in [-0.39, 0.29) is 12.0 Å². The summed E-state index contributed by atoms with van der Waals surface area (Å²) >= 11 is 0. The number of hydrogen-bond acceptors (Lipinski definition) is 5. The first kappa shape index (κ1) is 16.5. The van der Waals surface area contributed by atoms with Gasteiger partial charge in [-0.3, -0.25) is 4.79 Å². The Kier molecular flexibility index (Phi) is 5.48. The molecule has 1 N–H and O–H groups in total. The molecule has 1 fully saturated rings. The summed E-state index contributed by atoms with van der Waals surface area (Å²) in [6.07, 6.45) is 4.75. The van der Waals surface area contributed by atoms with Gasteiger partial charge in [-0.25, -0.2) is 4.98 Å². The van der Waals surface area contributed by atoms with Gasteiger partial charge < -0.3 is 19.2 Å². The molecule has 24 heavy (non-hydrogen) atoms. The second-order valence-corrected chi connectivity index (χ2v) is 5.79. The van der Waals surface area contributed by atoms with Crippen LogP contribution in [0.25, 0.3) is 11.3 Å². The minimum Gasteiger partial charge on any atom is -0.497 e. The van der Waals surface area contributed by atoms with Gasteiger partial charge in [0.1, 0.15) is 5.75 Å². The van der Waals surface area contributed by atoms with Crippen molar-refractivity contribution in [2.75, 3.05) is 20.3 Å². The fourth-order valence-corrected chi connectivity index (χ4v) is 2.68. The number of nitrogens with zero attached hydrogens (tertiary/aromatic N) is 1. The predicted molar refractivity (Wildman–Crippen MR) is 88.8 cm³/mol. The van der Waals surface area contributed by atoms with Crippen LogP contribution in [-0.4, -0.2) is 37.3 Å². The summed E-state index contributed by atoms with van der Waals surface area (Å²) in [5, 5.41) is 2.90. The van der Waals surface area contributed by atoms with Crippen LogP contribution >= 0.6 is 0 Å². The van der Waals surface area contributed by atoms with Gasteiger partial charge in [0.25, 0.3) is 0 Å². The van der Waals surface area contributed by atoms with Gasteiger partial charge in [-0.15, -0.1) is 0 Å². The van der Waals surface area contributed by atoms with Crippen molar-refractivity contribution in [1.29, 1.82) is 0 Å². The van der Waals surface area contributed by atoms with E-state index in [1.165, 1.54) is 0 Å². The summed E-state index contributed by atoms with van der Waals surface area (Å²) in [5.74, 6) is 1.98. The topological polar surface area (TPSA) is 73.6 Å². The molecule has 1 aliphatic rings. The summed E-state index contributed by atoms with van der Waals surface area (Å²) in [6, 6.07) is 7.59. The number of aryl methyl sites for hydroxylation is 1. The van der Waals surface area contributed by atoms with Gasteiger partial charge in [-0.05, 0) is 25.0 Å². The number of carbonyl (C=O) groups is 1. The molecule has 6 nitrogen and oxygen atoms in total. The zero-order valence-electron chi connectivity index (χ0n) is 13.8. The van der Waals surface area contributed by atoms with Crippen LogP contribution in [0.15, 0.2) is 34.9 Å². The van der Waals surface area contributed by atoms with E-state index in [9.17, 15) is 4.79 Å². The van der Waals surface area contributed by atoms with Gasteiger partial charge in [0.05, 0.1) is 19.4 Å². The monoisotopic (exact) mass is 330 g/mol. The third-order valence-corrected chi connectivity index (χ3v) is 4.02. The van der Waals surface area contributed by atoms with Crippen molar-refractivity contribution in [1.82, 2.24) is 10.3 Å². The fraction of sp³-hybridized carbons (Fsp3) is 0.444. The van der Waals surface area contributed by atoms with Crippen LogP contribution < -0.4 is 10.1 Å². The Morgan fingerprint density at radius 2 is 2.38 bits per heavy atom. The minimum atomic E-state index is -0.00775. The van der Waals surface area contributed by atoms with Gasteiger partial charge >= 0.3 is 0 Å². The third kappa shape index (κ3) is 4.35. The van der Waals surface area contributed by atoms with Crippen LogP contribution in [0, 0.1) is 0 Å². The molecule has 2 heterocycles. The number of methoxy groups -OCH3 is 1. The highest BCUT2D eigenvalue weighted by molar-refractivity contribution is 5.76. The van der Waals surface area contributed by atoms with E-state index in [0.717, 1.165) is 30.8 Å². The number of aromatic nitrogens is 1. The summed E-state index contributed by atoms with van der Waals surface area (Å²) in [5.41, 5.74) is 0.899. The smallest absolute Gasteiger partial charge is 0.220 e. The normalized spacial score (nSPS) is 17.0. The number of benzene rings is 1. The number of oxazole rings is 1. The van der Waals surface area contributed by atoms with Gasteiger partial charge in [0.15, 0.2) is 11.7 Å². The first-order valence-corrected chi connectivity index (χ1v) is 8.22. The summed E-state index contributed by atoms with van der Waals surface area (Å²) in [6.45, 7) is 1.38. The number of hydrogen-bond donors (Lipinski definition) is 1. The molecular formula is C18H22N2O4. The van der Waals surface area contributed by atoms with Gasteiger partial charge in [-0.1, -0.05) is 12.1 Å². The Hall–Kier alpha value is -2.34. The average molecular weight is 330 g/mol. The lowest BCUT2D eigenvalue weighted by molar-refractivity contribution is -0.121. The second-order valence-electron chi connectivity index (χ2n) is 5.79. The maximum atomic E-state index is 11.9. The molecule has 0 radical (unpaired) electrons. The number of carbonyl (C=O) groups excluding carboxylic acids is 1. The van der Waals surface area contributed by atoms with Crippen LogP contribution in [0.5, 0.6) is 5.75 Å². The van der Waals surface area contributed by atoms with Gasteiger partial charge in [-0.2, -0.15) is 0 Å². The molecule has 1 amide bonds. The SMILES string of the molecule is COc1cccc(-c2cnc(CCC(=O)NCC3CCCO3)o2)c1. The maximum absolute atomic E-state index is 11.9.